The van der Waals surface area contributed by atoms with E-state index < -0.39 is 11.9 Å². The van der Waals surface area contributed by atoms with Crippen LogP contribution in [0.25, 0.3) is 0 Å². The normalized spacial score (nSPS) is 14.7. The van der Waals surface area contributed by atoms with Crippen molar-refractivity contribution in [1.82, 2.24) is 10.1 Å². The van der Waals surface area contributed by atoms with Crippen LogP contribution in [0.1, 0.15) is 56.3 Å². The topological polar surface area (TPSA) is 71.3 Å². The van der Waals surface area contributed by atoms with E-state index in [0.29, 0.717) is 18.8 Å². The molecule has 0 atom stereocenters. The Morgan fingerprint density at radius 3 is 2.62 bits per heavy atom. The molecule has 0 spiro atoms. The van der Waals surface area contributed by atoms with Crippen LogP contribution in [0, 0.1) is 12.3 Å². The zero-order chi connectivity index (χ0) is 21.4. The lowest BCUT2D eigenvalue weighted by Gasteiger charge is -2.30. The molecule has 3 heterocycles. The van der Waals surface area contributed by atoms with Crippen molar-refractivity contribution in [3.8, 4) is 0 Å². The fraction of sp³-hybridized carbons (Fsp3) is 0.550. The number of aryl methyl sites for hydroxylation is 2. The number of carbonyl (C=O) groups is 1. The molecule has 0 aliphatic carbocycles. The van der Waals surface area contributed by atoms with E-state index in [1.165, 1.54) is 0 Å². The molecule has 0 bridgehead atoms. The predicted octanol–water partition coefficient (Wildman–Crippen LogP) is 4.72. The molecule has 3 rings (SSSR count). The lowest BCUT2D eigenvalue weighted by molar-refractivity contribution is -0.142. The van der Waals surface area contributed by atoms with Crippen LogP contribution in [0.15, 0.2) is 16.7 Å². The van der Waals surface area contributed by atoms with Crippen molar-refractivity contribution in [2.75, 3.05) is 16.8 Å². The molecule has 0 saturated carbocycles. The molecule has 0 aromatic carbocycles. The molecular formula is C20H25F3N4O2. The van der Waals surface area contributed by atoms with Crippen LogP contribution in [0.4, 0.5) is 24.7 Å². The monoisotopic (exact) mass is 410 g/mol. The van der Waals surface area contributed by atoms with Crippen molar-refractivity contribution >= 4 is 17.4 Å². The number of nitrogens with zero attached hydrogens (tertiary/aromatic N) is 3. The van der Waals surface area contributed by atoms with E-state index in [2.05, 4.69) is 15.5 Å². The molecule has 1 amide bonds. The first-order valence-electron chi connectivity index (χ1n) is 9.50. The average molecular weight is 410 g/mol. The largest absolute Gasteiger partial charge is 0.436 e. The highest BCUT2D eigenvalue weighted by atomic mass is 19.4. The maximum atomic E-state index is 12.7. The molecule has 0 unspecified atom stereocenters. The standard InChI is InChI=1S/C20H25F3N4O2/c1-12-8-15-14(24-18(12)25-17(28)10-19(2,3)4)6-5-7-27(15)11-13-9-16(26-29-13)20(21,22)23/h8-9H,5-7,10-11H2,1-4H3,(H,24,25,28). The minimum absolute atomic E-state index is 0.0953. The number of rotatable bonds is 4. The number of anilines is 2. The molecule has 2 aromatic heterocycles. The van der Waals surface area contributed by atoms with Gasteiger partial charge in [-0.05, 0) is 36.8 Å². The third-order valence-corrected chi connectivity index (χ3v) is 4.60. The summed E-state index contributed by atoms with van der Waals surface area (Å²) in [6.45, 7) is 8.67. The Kier molecular flexibility index (Phi) is 5.60. The third kappa shape index (κ3) is 5.27. The van der Waals surface area contributed by atoms with Gasteiger partial charge >= 0.3 is 6.18 Å². The minimum atomic E-state index is -4.53. The first-order valence-corrected chi connectivity index (χ1v) is 9.50. The number of fused-ring (bicyclic) bond motifs is 1. The first-order chi connectivity index (χ1) is 13.4. The SMILES string of the molecule is Cc1cc2c(nc1NC(=O)CC(C)(C)C)CCCN2Cc1cc(C(F)(F)F)no1. The van der Waals surface area contributed by atoms with Gasteiger partial charge in [-0.1, -0.05) is 25.9 Å². The van der Waals surface area contributed by atoms with Crippen molar-refractivity contribution in [1.29, 1.82) is 0 Å². The van der Waals surface area contributed by atoms with Gasteiger partial charge in [-0.25, -0.2) is 4.98 Å². The number of aromatic nitrogens is 2. The Hall–Kier alpha value is -2.58. The van der Waals surface area contributed by atoms with Crippen LogP contribution >= 0.6 is 0 Å². The van der Waals surface area contributed by atoms with Gasteiger partial charge in [-0.3, -0.25) is 4.79 Å². The highest BCUT2D eigenvalue weighted by Gasteiger charge is 2.35. The highest BCUT2D eigenvalue weighted by molar-refractivity contribution is 5.91. The number of carbonyl (C=O) groups excluding carboxylic acids is 1. The second-order valence-electron chi connectivity index (χ2n) is 8.61. The maximum Gasteiger partial charge on any atom is 0.436 e. The average Bonchev–Trinajstić information content (AvgIpc) is 3.03. The van der Waals surface area contributed by atoms with Gasteiger partial charge < -0.3 is 14.7 Å². The second kappa shape index (κ2) is 7.68. The van der Waals surface area contributed by atoms with Gasteiger partial charge in [0.1, 0.15) is 5.82 Å². The smallest absolute Gasteiger partial charge is 0.362 e. The van der Waals surface area contributed by atoms with E-state index in [1.54, 1.807) is 0 Å². The van der Waals surface area contributed by atoms with Gasteiger partial charge in [-0.15, -0.1) is 0 Å². The first kappa shape index (κ1) is 21.1. The third-order valence-electron chi connectivity index (χ3n) is 4.60. The maximum absolute atomic E-state index is 12.7. The van der Waals surface area contributed by atoms with Crippen molar-refractivity contribution in [3.05, 3.63) is 34.8 Å². The molecule has 6 nitrogen and oxygen atoms in total. The molecule has 1 N–H and O–H groups in total. The Bertz CT molecular complexity index is 900. The van der Waals surface area contributed by atoms with E-state index in [0.717, 1.165) is 35.9 Å². The van der Waals surface area contributed by atoms with E-state index in [9.17, 15) is 18.0 Å². The number of hydrogen-bond acceptors (Lipinski definition) is 5. The van der Waals surface area contributed by atoms with Gasteiger partial charge in [0.2, 0.25) is 5.91 Å². The lowest BCUT2D eigenvalue weighted by atomic mass is 9.92. The Morgan fingerprint density at radius 2 is 2.00 bits per heavy atom. The molecule has 158 valence electrons. The predicted molar refractivity (Wildman–Crippen MR) is 103 cm³/mol. The van der Waals surface area contributed by atoms with Crippen molar-refractivity contribution < 1.29 is 22.5 Å². The van der Waals surface area contributed by atoms with Crippen LogP contribution in [0.5, 0.6) is 0 Å². The summed E-state index contributed by atoms with van der Waals surface area (Å²) in [5, 5.41) is 5.99. The number of pyridine rings is 1. The van der Waals surface area contributed by atoms with Gasteiger partial charge in [0, 0.05) is 19.0 Å². The van der Waals surface area contributed by atoms with Gasteiger partial charge in [0.25, 0.3) is 0 Å². The van der Waals surface area contributed by atoms with Crippen LogP contribution < -0.4 is 10.2 Å². The Morgan fingerprint density at radius 1 is 1.28 bits per heavy atom. The van der Waals surface area contributed by atoms with Crippen LogP contribution in [0.3, 0.4) is 0 Å². The van der Waals surface area contributed by atoms with E-state index in [4.69, 9.17) is 4.52 Å². The van der Waals surface area contributed by atoms with Crippen molar-refractivity contribution in [3.63, 3.8) is 0 Å². The fourth-order valence-electron chi connectivity index (χ4n) is 3.31. The minimum Gasteiger partial charge on any atom is -0.362 e. The molecule has 1 aliphatic heterocycles. The molecule has 0 fully saturated rings. The summed E-state index contributed by atoms with van der Waals surface area (Å²) in [5.74, 6) is 0.575. The molecule has 0 radical (unpaired) electrons. The molecule has 29 heavy (non-hydrogen) atoms. The number of halogens is 3. The number of nitrogens with one attached hydrogen (secondary N) is 1. The quantitative estimate of drug-likeness (QED) is 0.789. The van der Waals surface area contributed by atoms with Crippen LogP contribution in [0.2, 0.25) is 0 Å². The fourth-order valence-corrected chi connectivity index (χ4v) is 3.31. The van der Waals surface area contributed by atoms with E-state index in [-0.39, 0.29) is 23.6 Å². The molecule has 1 aliphatic rings. The number of alkyl halides is 3. The van der Waals surface area contributed by atoms with E-state index in [1.807, 2.05) is 38.7 Å². The van der Waals surface area contributed by atoms with Crippen LogP contribution in [-0.4, -0.2) is 22.6 Å². The summed E-state index contributed by atoms with van der Waals surface area (Å²) in [6.07, 6.45) is -2.61. The lowest BCUT2D eigenvalue weighted by Crippen LogP contribution is -2.30. The van der Waals surface area contributed by atoms with E-state index >= 15 is 0 Å². The number of hydrogen-bond donors (Lipinski definition) is 1. The summed E-state index contributed by atoms with van der Waals surface area (Å²) < 4.78 is 43.1. The van der Waals surface area contributed by atoms with Crippen LogP contribution in [-0.2, 0) is 23.9 Å². The van der Waals surface area contributed by atoms with Gasteiger partial charge in [0.05, 0.1) is 17.9 Å². The summed E-state index contributed by atoms with van der Waals surface area (Å²) >= 11 is 0. The zero-order valence-corrected chi connectivity index (χ0v) is 17.0. The van der Waals surface area contributed by atoms with Crippen molar-refractivity contribution in [2.45, 2.75) is 59.7 Å². The number of amides is 1. The summed E-state index contributed by atoms with van der Waals surface area (Å²) in [5.41, 5.74) is 1.29. The molecule has 0 saturated heterocycles. The summed E-state index contributed by atoms with van der Waals surface area (Å²) in [7, 11) is 0. The Balaban J connectivity index is 1.78. The van der Waals surface area contributed by atoms with Crippen molar-refractivity contribution in [2.24, 2.45) is 5.41 Å². The van der Waals surface area contributed by atoms with Gasteiger partial charge in [0.15, 0.2) is 11.5 Å². The highest BCUT2D eigenvalue weighted by Crippen LogP contribution is 2.33. The Labute approximate surface area is 167 Å². The second-order valence-corrected chi connectivity index (χ2v) is 8.61. The summed E-state index contributed by atoms with van der Waals surface area (Å²) in [4.78, 5) is 18.8. The zero-order valence-electron chi connectivity index (χ0n) is 17.0. The van der Waals surface area contributed by atoms with Gasteiger partial charge in [-0.2, -0.15) is 13.2 Å². The molecular weight excluding hydrogens is 385 g/mol. The summed E-state index contributed by atoms with van der Waals surface area (Å²) in [6, 6.07) is 2.84. The molecule has 9 heteroatoms. The molecule has 2 aromatic rings.